The number of carbonyl (C=O) groups excluding carboxylic acids is 3. The molecule has 0 spiro atoms. The molecule has 0 fully saturated rings. The highest BCUT2D eigenvalue weighted by Gasteiger charge is 2.51. The fourth-order valence-corrected chi connectivity index (χ4v) is 5.94. The largest absolute Gasteiger partial charge is 0.468 e. The van der Waals surface area contributed by atoms with Crippen LogP contribution < -0.4 is 5.19 Å². The van der Waals surface area contributed by atoms with Gasteiger partial charge in [-0.2, -0.15) is 0 Å². The van der Waals surface area contributed by atoms with Crippen LogP contribution in [0.3, 0.4) is 0 Å². The van der Waals surface area contributed by atoms with E-state index in [1.165, 1.54) is 14.2 Å². The van der Waals surface area contributed by atoms with Crippen molar-refractivity contribution in [3.05, 3.63) is 30.3 Å². The van der Waals surface area contributed by atoms with Crippen molar-refractivity contribution in [2.45, 2.75) is 25.6 Å². The minimum atomic E-state index is -2.61. The van der Waals surface area contributed by atoms with E-state index >= 15 is 0 Å². The highest BCUT2D eigenvalue weighted by molar-refractivity contribution is 6.93. The molecule has 0 saturated heterocycles. The predicted octanol–water partition coefficient (Wildman–Crippen LogP) is 1.50. The molecule has 0 aromatic heterocycles. The van der Waals surface area contributed by atoms with Crippen molar-refractivity contribution < 1.29 is 28.6 Å². The predicted molar refractivity (Wildman–Crippen MR) is 91.5 cm³/mol. The van der Waals surface area contributed by atoms with Gasteiger partial charge in [0.15, 0.2) is 5.92 Å². The van der Waals surface area contributed by atoms with Crippen LogP contribution >= 0.6 is 0 Å². The number of hydrogen-bond donors (Lipinski definition) is 0. The Morgan fingerprint density at radius 1 is 0.958 bits per heavy atom. The second-order valence-corrected chi connectivity index (χ2v) is 10.5. The number of hydrogen-bond acceptors (Lipinski definition) is 6. The molecule has 0 amide bonds. The molecular formula is C17H24O6Si. The molecule has 1 unspecified atom stereocenters. The Balaban J connectivity index is 3.46. The molecule has 1 aromatic carbocycles. The molecule has 132 valence electrons. The van der Waals surface area contributed by atoms with Crippen LogP contribution in [0.4, 0.5) is 0 Å². The average Bonchev–Trinajstić information content (AvgIpc) is 2.58. The molecule has 0 radical (unpaired) electrons. The van der Waals surface area contributed by atoms with Crippen LogP contribution in [-0.4, -0.2) is 46.8 Å². The molecule has 0 saturated carbocycles. The number of benzene rings is 1. The first kappa shape index (κ1) is 19.9. The van der Waals surface area contributed by atoms with Crippen molar-refractivity contribution in [1.29, 1.82) is 0 Å². The third-order valence-electron chi connectivity index (χ3n) is 4.08. The maximum absolute atomic E-state index is 12.6. The first-order valence-corrected chi connectivity index (χ1v) is 10.8. The lowest BCUT2D eigenvalue weighted by Gasteiger charge is -2.34. The summed E-state index contributed by atoms with van der Waals surface area (Å²) in [4.78, 5) is 37.1. The normalized spacial score (nSPS) is 12.4. The molecule has 1 aromatic rings. The lowest BCUT2D eigenvalue weighted by atomic mass is 10.1. The Labute approximate surface area is 143 Å². The SMILES string of the molecule is CCOC(=O)C(C(C(=O)OC)C(=O)OC)[Si](C)(C)c1ccccc1. The van der Waals surface area contributed by atoms with Crippen LogP contribution in [0.1, 0.15) is 6.92 Å². The summed E-state index contributed by atoms with van der Waals surface area (Å²) in [5.41, 5.74) is -0.945. The van der Waals surface area contributed by atoms with Crippen molar-refractivity contribution in [2.24, 2.45) is 5.92 Å². The summed E-state index contributed by atoms with van der Waals surface area (Å²) < 4.78 is 14.7. The summed E-state index contributed by atoms with van der Waals surface area (Å²) in [5, 5.41) is 0.931. The van der Waals surface area contributed by atoms with Gasteiger partial charge in [0.05, 0.1) is 34.4 Å². The fourth-order valence-electron chi connectivity index (χ4n) is 2.75. The van der Waals surface area contributed by atoms with Crippen molar-refractivity contribution in [3.63, 3.8) is 0 Å². The molecule has 0 aliphatic heterocycles. The second kappa shape index (κ2) is 8.63. The van der Waals surface area contributed by atoms with E-state index in [2.05, 4.69) is 0 Å². The summed E-state index contributed by atoms with van der Waals surface area (Å²) >= 11 is 0. The third-order valence-corrected chi connectivity index (χ3v) is 8.02. The van der Waals surface area contributed by atoms with E-state index in [0.717, 1.165) is 5.19 Å². The third kappa shape index (κ3) is 4.23. The van der Waals surface area contributed by atoms with Crippen LogP contribution in [0, 0.1) is 5.92 Å². The molecule has 0 aliphatic rings. The van der Waals surface area contributed by atoms with Gasteiger partial charge in [0.2, 0.25) is 0 Å². The van der Waals surface area contributed by atoms with Gasteiger partial charge in [-0.25, -0.2) is 0 Å². The van der Waals surface area contributed by atoms with E-state index in [-0.39, 0.29) is 6.61 Å². The van der Waals surface area contributed by atoms with E-state index in [1.807, 2.05) is 43.4 Å². The Morgan fingerprint density at radius 3 is 1.88 bits per heavy atom. The monoisotopic (exact) mass is 352 g/mol. The van der Waals surface area contributed by atoms with Crippen LogP contribution in [0.15, 0.2) is 30.3 Å². The number of methoxy groups -OCH3 is 2. The summed E-state index contributed by atoms with van der Waals surface area (Å²) in [7, 11) is -0.250. The standard InChI is InChI=1S/C17H24O6Si/c1-6-23-17(20)14(13(15(18)21-2)16(19)22-3)24(4,5)12-10-8-7-9-11-12/h7-11,13-14H,6H2,1-5H3. The zero-order valence-corrected chi connectivity index (χ0v) is 15.7. The molecular weight excluding hydrogens is 328 g/mol. The minimum Gasteiger partial charge on any atom is -0.468 e. The summed E-state index contributed by atoms with van der Waals surface area (Å²) in [6.07, 6.45) is 0. The van der Waals surface area contributed by atoms with Crippen molar-refractivity contribution in [1.82, 2.24) is 0 Å². The fraction of sp³-hybridized carbons (Fsp3) is 0.471. The van der Waals surface area contributed by atoms with Gasteiger partial charge in [-0.3, -0.25) is 14.4 Å². The Hall–Kier alpha value is -2.15. The van der Waals surface area contributed by atoms with Gasteiger partial charge >= 0.3 is 17.9 Å². The van der Waals surface area contributed by atoms with E-state index in [0.29, 0.717) is 0 Å². The lowest BCUT2D eigenvalue weighted by molar-refractivity contribution is -0.164. The van der Waals surface area contributed by atoms with Gasteiger partial charge < -0.3 is 14.2 Å². The van der Waals surface area contributed by atoms with E-state index in [4.69, 9.17) is 14.2 Å². The summed E-state index contributed by atoms with van der Waals surface area (Å²) in [5.74, 6) is -3.52. The van der Waals surface area contributed by atoms with Gasteiger partial charge in [0, 0.05) is 0 Å². The highest BCUT2D eigenvalue weighted by Crippen LogP contribution is 2.33. The molecule has 0 bridgehead atoms. The molecule has 0 heterocycles. The van der Waals surface area contributed by atoms with Gasteiger partial charge in [0.25, 0.3) is 0 Å². The van der Waals surface area contributed by atoms with Gasteiger partial charge in [-0.05, 0) is 6.92 Å². The highest BCUT2D eigenvalue weighted by atomic mass is 28.3. The molecule has 6 nitrogen and oxygen atoms in total. The average molecular weight is 352 g/mol. The van der Waals surface area contributed by atoms with Crippen LogP contribution in [0.25, 0.3) is 0 Å². The van der Waals surface area contributed by atoms with Gasteiger partial charge in [0.1, 0.15) is 0 Å². The van der Waals surface area contributed by atoms with E-state index in [9.17, 15) is 14.4 Å². The molecule has 1 rings (SSSR count). The van der Waals surface area contributed by atoms with Gasteiger partial charge in [-0.15, -0.1) is 0 Å². The van der Waals surface area contributed by atoms with Gasteiger partial charge in [-0.1, -0.05) is 48.6 Å². The zero-order chi connectivity index (χ0) is 18.3. The summed E-state index contributed by atoms with van der Waals surface area (Å²) in [6, 6.07) is 9.37. The maximum atomic E-state index is 12.6. The smallest absolute Gasteiger partial charge is 0.320 e. The number of esters is 3. The Morgan fingerprint density at radius 2 is 1.46 bits per heavy atom. The topological polar surface area (TPSA) is 78.9 Å². The quantitative estimate of drug-likeness (QED) is 0.320. The second-order valence-electron chi connectivity index (χ2n) is 5.84. The molecule has 1 atom stereocenters. The van der Waals surface area contributed by atoms with E-state index < -0.39 is 37.4 Å². The number of rotatable bonds is 7. The Kier molecular flexibility index (Phi) is 7.15. The first-order chi connectivity index (χ1) is 11.3. The molecule has 24 heavy (non-hydrogen) atoms. The van der Waals surface area contributed by atoms with Crippen LogP contribution in [0.2, 0.25) is 18.6 Å². The molecule has 0 N–H and O–H groups in total. The van der Waals surface area contributed by atoms with Crippen molar-refractivity contribution in [3.8, 4) is 0 Å². The number of carbonyl (C=O) groups is 3. The minimum absolute atomic E-state index is 0.156. The Bertz CT molecular complexity index is 568. The van der Waals surface area contributed by atoms with E-state index in [1.54, 1.807) is 6.92 Å². The van der Waals surface area contributed by atoms with Crippen LogP contribution in [-0.2, 0) is 28.6 Å². The van der Waals surface area contributed by atoms with Crippen molar-refractivity contribution >= 4 is 31.2 Å². The molecule has 7 heteroatoms. The zero-order valence-electron chi connectivity index (χ0n) is 14.7. The maximum Gasteiger partial charge on any atom is 0.320 e. The number of ether oxygens (including phenoxy) is 3. The lowest BCUT2D eigenvalue weighted by Crippen LogP contribution is -2.55. The van der Waals surface area contributed by atoms with Crippen molar-refractivity contribution in [2.75, 3.05) is 20.8 Å². The summed E-state index contributed by atoms with van der Waals surface area (Å²) in [6.45, 7) is 5.67. The van der Waals surface area contributed by atoms with Crippen LogP contribution in [0.5, 0.6) is 0 Å². The first-order valence-electron chi connectivity index (χ1n) is 7.69. The molecule has 0 aliphatic carbocycles.